The fourth-order valence-electron chi connectivity index (χ4n) is 7.26. The highest BCUT2D eigenvalue weighted by Gasteiger charge is 2.35. The van der Waals surface area contributed by atoms with Crippen LogP contribution in [-0.4, -0.2) is 0 Å². The van der Waals surface area contributed by atoms with Crippen molar-refractivity contribution in [2.75, 3.05) is 0 Å². The second-order valence-electron chi connectivity index (χ2n) is 10.3. The average molecular weight is 357 g/mol. The Hall–Kier alpha value is -0.260. The standard InChI is InChI=1S/C26H44/c1-5-13-21(14-6-1)25(22-15-7-2-8-16-22)26(23-17-9-3-10-18-23)24-19-11-4-12-20-24/h21-24H,1-20H2. The predicted octanol–water partition coefficient (Wildman–Crippen LogP) is 8.60. The van der Waals surface area contributed by atoms with Crippen molar-refractivity contribution in [1.29, 1.82) is 0 Å². The van der Waals surface area contributed by atoms with Gasteiger partial charge >= 0.3 is 0 Å². The first kappa shape index (κ1) is 19.1. The van der Waals surface area contributed by atoms with Gasteiger partial charge in [-0.3, -0.25) is 0 Å². The van der Waals surface area contributed by atoms with Crippen molar-refractivity contribution in [3.05, 3.63) is 11.1 Å². The molecule has 0 N–H and O–H groups in total. The number of allylic oxidation sites excluding steroid dienone is 2. The molecule has 0 aliphatic heterocycles. The van der Waals surface area contributed by atoms with Gasteiger partial charge in [0.15, 0.2) is 0 Å². The van der Waals surface area contributed by atoms with Crippen LogP contribution in [0.2, 0.25) is 0 Å². The Morgan fingerprint density at radius 2 is 0.462 bits per heavy atom. The van der Waals surface area contributed by atoms with Crippen molar-refractivity contribution < 1.29 is 0 Å². The minimum absolute atomic E-state index is 0.991. The summed E-state index contributed by atoms with van der Waals surface area (Å²) in [5.41, 5.74) is 4.23. The van der Waals surface area contributed by atoms with Gasteiger partial charge in [-0.2, -0.15) is 0 Å². The van der Waals surface area contributed by atoms with E-state index in [1.165, 1.54) is 128 Å². The van der Waals surface area contributed by atoms with Crippen molar-refractivity contribution in [2.24, 2.45) is 23.7 Å². The molecule has 4 rings (SSSR count). The Morgan fingerprint density at radius 1 is 0.269 bits per heavy atom. The summed E-state index contributed by atoms with van der Waals surface area (Å²) < 4.78 is 0. The van der Waals surface area contributed by atoms with Gasteiger partial charge in [-0.15, -0.1) is 0 Å². The molecule has 0 saturated heterocycles. The molecular weight excluding hydrogens is 312 g/mol. The van der Waals surface area contributed by atoms with E-state index in [0.29, 0.717) is 0 Å². The highest BCUT2D eigenvalue weighted by atomic mass is 14.4. The van der Waals surface area contributed by atoms with Crippen LogP contribution in [0.25, 0.3) is 0 Å². The first-order chi connectivity index (χ1) is 12.9. The van der Waals surface area contributed by atoms with Crippen molar-refractivity contribution in [2.45, 2.75) is 128 Å². The minimum atomic E-state index is 0.991. The highest BCUT2D eigenvalue weighted by Crippen LogP contribution is 2.49. The van der Waals surface area contributed by atoms with Crippen LogP contribution in [0.4, 0.5) is 0 Å². The third-order valence-electron chi connectivity index (χ3n) is 8.51. The van der Waals surface area contributed by atoms with Crippen LogP contribution < -0.4 is 0 Å². The molecule has 4 aliphatic rings. The molecule has 4 fully saturated rings. The Labute approximate surface area is 163 Å². The van der Waals surface area contributed by atoms with Crippen LogP contribution in [0.15, 0.2) is 11.1 Å². The molecule has 26 heavy (non-hydrogen) atoms. The SMILES string of the molecule is C1CCC(C(=C(C2CCCCC2)C2CCCCC2)C2CCCCC2)CC1. The van der Waals surface area contributed by atoms with Gasteiger partial charge in [-0.1, -0.05) is 88.2 Å². The van der Waals surface area contributed by atoms with Crippen LogP contribution in [0.1, 0.15) is 128 Å². The van der Waals surface area contributed by atoms with Gasteiger partial charge in [0, 0.05) is 0 Å². The Balaban J connectivity index is 1.70. The van der Waals surface area contributed by atoms with E-state index in [2.05, 4.69) is 11.1 Å². The maximum absolute atomic E-state index is 2.11. The third kappa shape index (κ3) is 4.59. The number of rotatable bonds is 4. The normalized spacial score (nSPS) is 28.2. The fraction of sp³-hybridized carbons (Fsp3) is 0.923. The molecule has 4 aliphatic carbocycles. The second kappa shape index (κ2) is 9.79. The molecule has 148 valence electrons. The van der Waals surface area contributed by atoms with Gasteiger partial charge in [0.25, 0.3) is 0 Å². The molecule has 0 nitrogen and oxygen atoms in total. The maximum Gasteiger partial charge on any atom is -0.0198 e. The van der Waals surface area contributed by atoms with Crippen LogP contribution in [0.3, 0.4) is 0 Å². The van der Waals surface area contributed by atoms with E-state index in [1.807, 2.05) is 0 Å². The zero-order valence-electron chi connectivity index (χ0n) is 17.5. The molecule has 0 unspecified atom stereocenters. The van der Waals surface area contributed by atoms with Crippen molar-refractivity contribution in [3.8, 4) is 0 Å². The second-order valence-corrected chi connectivity index (χ2v) is 10.3. The fourth-order valence-corrected chi connectivity index (χ4v) is 7.26. The lowest BCUT2D eigenvalue weighted by atomic mass is 9.64. The third-order valence-corrected chi connectivity index (χ3v) is 8.51. The highest BCUT2D eigenvalue weighted by molar-refractivity contribution is 5.26. The van der Waals surface area contributed by atoms with Crippen LogP contribution in [-0.2, 0) is 0 Å². The topological polar surface area (TPSA) is 0 Å². The molecule has 0 spiro atoms. The van der Waals surface area contributed by atoms with E-state index in [4.69, 9.17) is 0 Å². The van der Waals surface area contributed by atoms with Gasteiger partial charge in [0.1, 0.15) is 0 Å². The summed E-state index contributed by atoms with van der Waals surface area (Å²) in [7, 11) is 0. The quantitative estimate of drug-likeness (QED) is 0.442. The first-order valence-corrected chi connectivity index (χ1v) is 12.7. The van der Waals surface area contributed by atoms with Crippen LogP contribution in [0, 0.1) is 23.7 Å². The Morgan fingerprint density at radius 3 is 0.654 bits per heavy atom. The van der Waals surface area contributed by atoms with E-state index in [1.54, 1.807) is 0 Å². The molecule has 0 radical (unpaired) electrons. The minimum Gasteiger partial charge on any atom is -0.0642 e. The molecule has 0 amide bonds. The molecule has 0 atom stereocenters. The van der Waals surface area contributed by atoms with Crippen molar-refractivity contribution in [3.63, 3.8) is 0 Å². The van der Waals surface area contributed by atoms with Gasteiger partial charge in [-0.25, -0.2) is 0 Å². The van der Waals surface area contributed by atoms with E-state index in [9.17, 15) is 0 Å². The largest absolute Gasteiger partial charge is 0.0642 e. The lowest BCUT2D eigenvalue weighted by Crippen LogP contribution is -2.27. The molecule has 4 saturated carbocycles. The maximum atomic E-state index is 2.11. The summed E-state index contributed by atoms with van der Waals surface area (Å²) in [6.07, 6.45) is 30.5. The van der Waals surface area contributed by atoms with Gasteiger partial charge in [-0.05, 0) is 75.0 Å². The summed E-state index contributed by atoms with van der Waals surface area (Å²) in [4.78, 5) is 0. The van der Waals surface area contributed by atoms with E-state index >= 15 is 0 Å². The van der Waals surface area contributed by atoms with E-state index in [0.717, 1.165) is 23.7 Å². The molecule has 0 bridgehead atoms. The Kier molecular flexibility index (Phi) is 7.18. The van der Waals surface area contributed by atoms with Gasteiger partial charge in [0.2, 0.25) is 0 Å². The molecule has 0 heteroatoms. The predicted molar refractivity (Wildman–Crippen MR) is 113 cm³/mol. The summed E-state index contributed by atoms with van der Waals surface area (Å²) in [6, 6.07) is 0. The Bertz CT molecular complexity index is 353. The van der Waals surface area contributed by atoms with Gasteiger partial charge in [0.05, 0.1) is 0 Å². The molecular formula is C26H44. The van der Waals surface area contributed by atoms with Crippen molar-refractivity contribution >= 4 is 0 Å². The molecule has 0 aromatic heterocycles. The van der Waals surface area contributed by atoms with Crippen molar-refractivity contribution in [1.82, 2.24) is 0 Å². The zero-order chi connectivity index (χ0) is 17.6. The molecule has 0 aromatic rings. The monoisotopic (exact) mass is 356 g/mol. The number of hydrogen-bond acceptors (Lipinski definition) is 0. The summed E-state index contributed by atoms with van der Waals surface area (Å²) in [5.74, 6) is 3.97. The van der Waals surface area contributed by atoms with E-state index in [-0.39, 0.29) is 0 Å². The zero-order valence-corrected chi connectivity index (χ0v) is 17.5. The lowest BCUT2D eigenvalue weighted by molar-refractivity contribution is 0.281. The summed E-state index contributed by atoms with van der Waals surface area (Å²) >= 11 is 0. The number of hydrogen-bond donors (Lipinski definition) is 0. The average Bonchev–Trinajstić information content (AvgIpc) is 2.74. The summed E-state index contributed by atoms with van der Waals surface area (Å²) in [5, 5.41) is 0. The molecule has 0 aromatic carbocycles. The lowest BCUT2D eigenvalue weighted by Gasteiger charge is -2.41. The van der Waals surface area contributed by atoms with Gasteiger partial charge < -0.3 is 0 Å². The summed E-state index contributed by atoms with van der Waals surface area (Å²) in [6.45, 7) is 0. The smallest absolute Gasteiger partial charge is 0.0198 e. The van der Waals surface area contributed by atoms with E-state index < -0.39 is 0 Å². The van der Waals surface area contributed by atoms with Crippen LogP contribution in [0.5, 0.6) is 0 Å². The van der Waals surface area contributed by atoms with Crippen LogP contribution >= 0.6 is 0 Å². The first-order valence-electron chi connectivity index (χ1n) is 12.7. The molecule has 0 heterocycles.